The van der Waals surface area contributed by atoms with Crippen molar-refractivity contribution in [3.63, 3.8) is 0 Å². The van der Waals surface area contributed by atoms with Gasteiger partial charge in [-0.05, 0) is 23.1 Å². The van der Waals surface area contributed by atoms with Crippen molar-refractivity contribution < 1.29 is 4.79 Å². The molecule has 0 saturated carbocycles. The van der Waals surface area contributed by atoms with Gasteiger partial charge in [-0.15, -0.1) is 0 Å². The van der Waals surface area contributed by atoms with Crippen LogP contribution in [0.2, 0.25) is 0 Å². The van der Waals surface area contributed by atoms with Gasteiger partial charge in [0.2, 0.25) is 6.29 Å². The molecular formula is C16H13O. The molecule has 0 saturated heterocycles. The molecule has 1 aliphatic carbocycles. The molecule has 0 fully saturated rings. The van der Waals surface area contributed by atoms with Crippen molar-refractivity contribution in [3.8, 4) is 0 Å². The monoisotopic (exact) mass is 221 g/mol. The van der Waals surface area contributed by atoms with Crippen LogP contribution in [0.3, 0.4) is 0 Å². The van der Waals surface area contributed by atoms with Crippen LogP contribution in [0.1, 0.15) is 22.6 Å². The summed E-state index contributed by atoms with van der Waals surface area (Å²) in [4.78, 5) is 11.1. The summed E-state index contributed by atoms with van der Waals surface area (Å²) in [6.45, 7) is 0. The molecule has 83 valence electrons. The lowest BCUT2D eigenvalue weighted by Gasteiger charge is -2.15. The van der Waals surface area contributed by atoms with Crippen LogP contribution in [0.5, 0.6) is 0 Å². The Morgan fingerprint density at radius 1 is 0.941 bits per heavy atom. The minimum Gasteiger partial charge on any atom is -0.291 e. The van der Waals surface area contributed by atoms with Gasteiger partial charge in [-0.2, -0.15) is 0 Å². The summed E-state index contributed by atoms with van der Waals surface area (Å²) in [5, 5.41) is 0. The Bertz CT molecular complexity index is 530. The second-order valence-electron chi connectivity index (χ2n) is 4.52. The van der Waals surface area contributed by atoms with Gasteiger partial charge < -0.3 is 0 Å². The highest BCUT2D eigenvalue weighted by Gasteiger charge is 2.33. The topological polar surface area (TPSA) is 17.1 Å². The number of benzene rings is 2. The Morgan fingerprint density at radius 2 is 1.65 bits per heavy atom. The average molecular weight is 221 g/mol. The molecule has 0 heterocycles. The molecule has 2 atom stereocenters. The van der Waals surface area contributed by atoms with Crippen molar-refractivity contribution in [1.82, 2.24) is 0 Å². The van der Waals surface area contributed by atoms with Gasteiger partial charge in [0, 0.05) is 11.8 Å². The van der Waals surface area contributed by atoms with Crippen LogP contribution in [-0.2, 0) is 11.2 Å². The van der Waals surface area contributed by atoms with Gasteiger partial charge in [-0.3, -0.25) is 4.79 Å². The van der Waals surface area contributed by atoms with Gasteiger partial charge in [0.05, 0.1) is 0 Å². The van der Waals surface area contributed by atoms with Gasteiger partial charge in [-0.25, -0.2) is 0 Å². The van der Waals surface area contributed by atoms with Gasteiger partial charge >= 0.3 is 0 Å². The number of fused-ring (bicyclic) bond motifs is 1. The molecule has 3 rings (SSSR count). The van der Waals surface area contributed by atoms with Crippen molar-refractivity contribution in [3.05, 3.63) is 71.3 Å². The fourth-order valence-corrected chi connectivity index (χ4v) is 2.78. The number of rotatable bonds is 2. The summed E-state index contributed by atoms with van der Waals surface area (Å²) < 4.78 is 0. The molecule has 0 amide bonds. The number of carbonyl (C=O) groups excluding carboxylic acids is 1. The maximum atomic E-state index is 11.1. The number of hydrogen-bond acceptors (Lipinski definition) is 1. The van der Waals surface area contributed by atoms with E-state index in [0.717, 1.165) is 6.42 Å². The van der Waals surface area contributed by atoms with Crippen LogP contribution in [-0.4, -0.2) is 6.29 Å². The number of hydrogen-bond donors (Lipinski definition) is 0. The van der Waals surface area contributed by atoms with E-state index in [1.54, 1.807) is 0 Å². The molecule has 2 unspecified atom stereocenters. The van der Waals surface area contributed by atoms with Crippen LogP contribution >= 0.6 is 0 Å². The molecule has 1 nitrogen and oxygen atoms in total. The summed E-state index contributed by atoms with van der Waals surface area (Å²) >= 11 is 0. The zero-order valence-electron chi connectivity index (χ0n) is 9.47. The molecule has 2 aromatic rings. The summed E-state index contributed by atoms with van der Waals surface area (Å²) in [5.41, 5.74) is 3.78. The first-order chi connectivity index (χ1) is 8.40. The Labute approximate surface area is 101 Å². The van der Waals surface area contributed by atoms with E-state index in [1.807, 2.05) is 30.3 Å². The summed E-state index contributed by atoms with van der Waals surface area (Å²) in [5.74, 6) is 0.152. The van der Waals surface area contributed by atoms with Crippen molar-refractivity contribution in [2.75, 3.05) is 0 Å². The Hall–Kier alpha value is -1.89. The van der Waals surface area contributed by atoms with E-state index < -0.39 is 0 Å². The largest absolute Gasteiger partial charge is 0.291 e. The van der Waals surface area contributed by atoms with Crippen molar-refractivity contribution in [1.29, 1.82) is 0 Å². The zero-order chi connectivity index (χ0) is 11.7. The summed E-state index contributed by atoms with van der Waals surface area (Å²) in [6.07, 6.45) is 3.03. The molecule has 1 aliphatic rings. The van der Waals surface area contributed by atoms with E-state index in [2.05, 4.69) is 30.6 Å². The third kappa shape index (κ3) is 1.68. The normalized spacial score (nSPS) is 22.1. The molecule has 0 spiro atoms. The first-order valence-corrected chi connectivity index (χ1v) is 5.90. The Morgan fingerprint density at radius 3 is 2.41 bits per heavy atom. The van der Waals surface area contributed by atoms with Crippen LogP contribution in [0.25, 0.3) is 0 Å². The molecule has 0 bridgehead atoms. The quantitative estimate of drug-likeness (QED) is 0.761. The van der Waals surface area contributed by atoms with Crippen LogP contribution in [0, 0.1) is 5.92 Å². The minimum absolute atomic E-state index is 0.0326. The third-order valence-electron chi connectivity index (χ3n) is 3.54. The van der Waals surface area contributed by atoms with Gasteiger partial charge in [0.15, 0.2) is 0 Å². The van der Waals surface area contributed by atoms with E-state index in [-0.39, 0.29) is 11.8 Å². The summed E-state index contributed by atoms with van der Waals surface area (Å²) in [7, 11) is 0. The van der Waals surface area contributed by atoms with E-state index in [0.29, 0.717) is 0 Å². The maximum Gasteiger partial charge on any atom is 0.203 e. The van der Waals surface area contributed by atoms with E-state index >= 15 is 0 Å². The van der Waals surface area contributed by atoms with Gasteiger partial charge in [0.25, 0.3) is 0 Å². The van der Waals surface area contributed by atoms with Crippen LogP contribution in [0.4, 0.5) is 0 Å². The fourth-order valence-electron chi connectivity index (χ4n) is 2.78. The molecule has 17 heavy (non-hydrogen) atoms. The second kappa shape index (κ2) is 4.17. The zero-order valence-corrected chi connectivity index (χ0v) is 9.47. The molecule has 2 aromatic carbocycles. The average Bonchev–Trinajstić information content (AvgIpc) is 2.78. The highest BCUT2D eigenvalue weighted by Crippen LogP contribution is 2.41. The predicted molar refractivity (Wildman–Crippen MR) is 67.6 cm³/mol. The standard InChI is InChI=1S/C16H13O/c17-11-14-10-13-8-4-5-9-15(13)16(14)12-6-2-1-3-7-12/h1-9,14,16H,10H2. The van der Waals surface area contributed by atoms with E-state index in [4.69, 9.17) is 0 Å². The lowest BCUT2D eigenvalue weighted by atomic mass is 9.87. The molecule has 0 N–H and O–H groups in total. The molecule has 0 aliphatic heterocycles. The van der Waals surface area contributed by atoms with Crippen LogP contribution in [0.15, 0.2) is 54.6 Å². The highest BCUT2D eigenvalue weighted by atomic mass is 16.1. The third-order valence-corrected chi connectivity index (χ3v) is 3.54. The molecule has 0 aromatic heterocycles. The smallest absolute Gasteiger partial charge is 0.203 e. The fraction of sp³-hybridized carbons (Fsp3) is 0.188. The highest BCUT2D eigenvalue weighted by molar-refractivity contribution is 5.63. The maximum absolute atomic E-state index is 11.1. The minimum atomic E-state index is -0.0326. The summed E-state index contributed by atoms with van der Waals surface area (Å²) in [6, 6.07) is 18.6. The lowest BCUT2D eigenvalue weighted by molar-refractivity contribution is 0.512. The Kier molecular flexibility index (Phi) is 2.52. The van der Waals surface area contributed by atoms with Gasteiger partial charge in [0.1, 0.15) is 0 Å². The molecular weight excluding hydrogens is 208 g/mol. The second-order valence-corrected chi connectivity index (χ2v) is 4.52. The van der Waals surface area contributed by atoms with Crippen LogP contribution < -0.4 is 0 Å². The van der Waals surface area contributed by atoms with E-state index in [1.165, 1.54) is 16.7 Å². The molecule has 1 radical (unpaired) electrons. The Balaban J connectivity index is 2.11. The van der Waals surface area contributed by atoms with Crippen molar-refractivity contribution in [2.45, 2.75) is 12.3 Å². The van der Waals surface area contributed by atoms with Crippen molar-refractivity contribution >= 4 is 6.29 Å². The van der Waals surface area contributed by atoms with E-state index in [9.17, 15) is 4.79 Å². The first-order valence-electron chi connectivity index (χ1n) is 5.90. The van der Waals surface area contributed by atoms with Gasteiger partial charge in [-0.1, -0.05) is 54.6 Å². The molecule has 1 heteroatoms. The SMILES string of the molecule is O=[C]C1Cc2ccccc2C1c1ccccc1. The predicted octanol–water partition coefficient (Wildman–Crippen LogP) is 3.10. The van der Waals surface area contributed by atoms with Crippen molar-refractivity contribution in [2.24, 2.45) is 5.92 Å². The lowest BCUT2D eigenvalue weighted by Crippen LogP contribution is -2.10. The first kappa shape index (κ1) is 10.3.